The molecule has 3 saturated heterocycles. The van der Waals surface area contributed by atoms with Crippen LogP contribution >= 0.6 is 11.8 Å². The van der Waals surface area contributed by atoms with Crippen molar-refractivity contribution in [2.45, 2.75) is 188 Å². The Morgan fingerprint density at radius 2 is 1.53 bits per heavy atom. The number of nitrogens with zero attached hydrogens (tertiary/aromatic N) is 2. The number of aliphatic hydroxyl groups excluding tert-OH is 1. The zero-order chi connectivity index (χ0) is 41.4. The molecular weight excluding hydrogens is 785 g/mol. The Hall–Kier alpha value is -2.23. The molecule has 9 aliphatic rings. The van der Waals surface area contributed by atoms with Crippen molar-refractivity contribution in [1.82, 2.24) is 20.4 Å². The van der Waals surface area contributed by atoms with E-state index < -0.39 is 35.4 Å². The highest BCUT2D eigenvalue weighted by molar-refractivity contribution is 8.00. The van der Waals surface area contributed by atoms with Gasteiger partial charge in [0.1, 0.15) is 29.7 Å². The Kier molecular flexibility index (Phi) is 13.5. The van der Waals surface area contributed by atoms with Crippen LogP contribution in [0.15, 0.2) is 11.3 Å². The molecule has 0 aromatic heterocycles. The van der Waals surface area contributed by atoms with Crippen molar-refractivity contribution in [2.24, 2.45) is 29.1 Å². The van der Waals surface area contributed by atoms with Crippen molar-refractivity contribution >= 4 is 35.6 Å². The lowest BCUT2D eigenvalue weighted by Crippen LogP contribution is -2.66. The van der Waals surface area contributed by atoms with E-state index in [4.69, 9.17) is 18.9 Å². The van der Waals surface area contributed by atoms with Crippen molar-refractivity contribution in [1.29, 1.82) is 0 Å². The summed E-state index contributed by atoms with van der Waals surface area (Å²) >= 11 is 1.76. The van der Waals surface area contributed by atoms with Gasteiger partial charge in [0.2, 0.25) is 11.8 Å². The van der Waals surface area contributed by atoms with Gasteiger partial charge in [-0.3, -0.25) is 24.6 Å². The van der Waals surface area contributed by atoms with E-state index in [1.165, 1.54) is 24.2 Å². The van der Waals surface area contributed by atoms with Crippen LogP contribution in [-0.4, -0.2) is 119 Å². The predicted octanol–water partition coefficient (Wildman–Crippen LogP) is 6.16. The van der Waals surface area contributed by atoms with E-state index in [0.29, 0.717) is 29.8 Å². The van der Waals surface area contributed by atoms with Gasteiger partial charge in [0.15, 0.2) is 0 Å². The molecule has 4 aliphatic heterocycles. The summed E-state index contributed by atoms with van der Waals surface area (Å²) in [5, 5.41) is 17.1. The molecule has 0 aromatic carbocycles. The summed E-state index contributed by atoms with van der Waals surface area (Å²) in [6, 6.07) is -1.29. The van der Waals surface area contributed by atoms with Gasteiger partial charge in [0.05, 0.1) is 37.9 Å². The minimum atomic E-state index is -1.46. The molecule has 3 amide bonds. The van der Waals surface area contributed by atoms with Crippen molar-refractivity contribution < 1.29 is 43.2 Å². The largest absolute Gasteiger partial charge is 0.459 e. The highest BCUT2D eigenvalue weighted by atomic mass is 32.2. The third-order valence-electron chi connectivity index (χ3n) is 16.3. The highest BCUT2D eigenvalue weighted by Gasteiger charge is 2.77. The number of aliphatic hydroxyl groups is 1. The van der Waals surface area contributed by atoms with Crippen LogP contribution in [0.4, 0.5) is 4.79 Å². The molecule has 60 heavy (non-hydrogen) atoms. The second kappa shape index (κ2) is 18.9. The van der Waals surface area contributed by atoms with E-state index in [1.54, 1.807) is 18.9 Å². The minimum absolute atomic E-state index is 0.000722. The summed E-state index contributed by atoms with van der Waals surface area (Å²) in [6.07, 6.45) is 20.1. The van der Waals surface area contributed by atoms with E-state index in [0.717, 1.165) is 115 Å². The number of nitrogens with one attached hydrogen (secondary N) is 2. The number of esters is 1. The molecule has 9 atom stereocenters. The fraction of sp³-hybridized carbons (Fsp3) is 0.870. The van der Waals surface area contributed by atoms with Gasteiger partial charge in [0, 0.05) is 30.1 Å². The van der Waals surface area contributed by atoms with Crippen LogP contribution in [0.1, 0.15) is 141 Å². The first-order chi connectivity index (χ1) is 29.4. The lowest BCUT2D eigenvalue weighted by molar-refractivity contribution is -0.190. The second-order valence-corrected chi connectivity index (χ2v) is 20.9. The van der Waals surface area contributed by atoms with Crippen LogP contribution in [0.5, 0.6) is 0 Å². The number of imide groups is 1. The number of morpholine rings is 1. The molecule has 9 rings (SSSR count). The number of cyclic esters (lactones) is 1. The van der Waals surface area contributed by atoms with Gasteiger partial charge in [-0.15, -0.1) is 11.8 Å². The van der Waals surface area contributed by atoms with E-state index in [2.05, 4.69) is 15.5 Å². The number of amides is 3. The monoisotopic (exact) mass is 854 g/mol. The minimum Gasteiger partial charge on any atom is -0.459 e. The maximum Gasteiger partial charge on any atom is 0.421 e. The third kappa shape index (κ3) is 7.77. The smallest absolute Gasteiger partial charge is 0.421 e. The fourth-order valence-electron chi connectivity index (χ4n) is 13.9. The Bertz CT molecular complexity index is 1600. The van der Waals surface area contributed by atoms with E-state index in [9.17, 15) is 9.90 Å². The summed E-state index contributed by atoms with van der Waals surface area (Å²) in [7, 11) is 1.55. The van der Waals surface area contributed by atoms with Crippen LogP contribution in [0.25, 0.3) is 0 Å². The molecule has 7 fully saturated rings. The van der Waals surface area contributed by atoms with Crippen LogP contribution in [0, 0.1) is 29.1 Å². The molecule has 0 bridgehead atoms. The highest BCUT2D eigenvalue weighted by Crippen LogP contribution is 2.65. The van der Waals surface area contributed by atoms with Crippen LogP contribution in [0.3, 0.4) is 0 Å². The number of carbonyl (C=O) groups is 4. The van der Waals surface area contributed by atoms with Gasteiger partial charge in [-0.1, -0.05) is 51.4 Å². The number of thioether (sulfide) groups is 1. The number of methoxy groups -OCH3 is 1. The standard InChI is InChI=1S/C46H70N4O9S/c1-56-26-27-58-45(55)49-34-18-10-8-16-32(34)46(43(49)54)36(41(52)48-44-47-33-17-9-11-19-35(33)60-44)38-42(53)59-39(29-14-6-3-7-15-29)37(28-12-4-2-5-13-28)50(38)40(46)30-20-22-31(23-21-30)57-25-24-51/h28-31,33,35-40,44,47,51H,2-27H2,1H3,(H,48,52)/t30?,31?,33?,35?,36-,37-,38-,39+,40+,44?,46-/m1/s1. The first-order valence-corrected chi connectivity index (χ1v) is 25.0. The molecular formula is C46H70N4O9S. The van der Waals surface area contributed by atoms with E-state index in [1.807, 2.05) is 0 Å². The van der Waals surface area contributed by atoms with Gasteiger partial charge in [-0.25, -0.2) is 9.69 Å². The van der Waals surface area contributed by atoms with Crippen molar-refractivity contribution in [3.8, 4) is 0 Å². The van der Waals surface area contributed by atoms with Crippen LogP contribution in [0.2, 0.25) is 0 Å². The first-order valence-electron chi connectivity index (χ1n) is 24.0. The molecule has 334 valence electrons. The number of ether oxygens (including phenoxy) is 4. The summed E-state index contributed by atoms with van der Waals surface area (Å²) in [5.41, 5.74) is -0.269. The fourth-order valence-corrected chi connectivity index (χ4v) is 15.4. The zero-order valence-corrected chi connectivity index (χ0v) is 36.6. The normalized spacial score (nSPS) is 39.1. The number of allylic oxidation sites excluding steroid dienone is 1. The van der Waals surface area contributed by atoms with Crippen LogP contribution in [-0.2, 0) is 33.3 Å². The van der Waals surface area contributed by atoms with E-state index >= 15 is 14.4 Å². The number of hydrogen-bond acceptors (Lipinski definition) is 12. The molecule has 0 aromatic rings. The number of fused-ring (bicyclic) bond motifs is 3. The molecule has 13 nitrogen and oxygen atoms in total. The molecule has 5 aliphatic carbocycles. The molecule has 3 N–H and O–H groups in total. The lowest BCUT2D eigenvalue weighted by atomic mass is 9.60. The Balaban J connectivity index is 1.20. The topological polar surface area (TPSA) is 156 Å². The maximum atomic E-state index is 16.2. The lowest BCUT2D eigenvalue weighted by Gasteiger charge is -2.53. The van der Waals surface area contributed by atoms with Crippen molar-refractivity contribution in [3.05, 3.63) is 11.3 Å². The average Bonchev–Trinajstić information content (AvgIpc) is 3.92. The number of carbonyl (C=O) groups excluding carboxylic acids is 4. The second-order valence-electron chi connectivity index (χ2n) is 19.5. The summed E-state index contributed by atoms with van der Waals surface area (Å²) in [4.78, 5) is 65.4. The van der Waals surface area contributed by atoms with Crippen molar-refractivity contribution in [3.63, 3.8) is 0 Å². The molecule has 4 saturated carbocycles. The molecule has 14 heteroatoms. The molecule has 4 heterocycles. The van der Waals surface area contributed by atoms with Crippen LogP contribution < -0.4 is 10.6 Å². The Morgan fingerprint density at radius 1 is 0.833 bits per heavy atom. The Morgan fingerprint density at radius 3 is 2.25 bits per heavy atom. The Labute approximate surface area is 360 Å². The summed E-state index contributed by atoms with van der Waals surface area (Å²) in [5.74, 6) is -1.74. The first kappa shape index (κ1) is 43.0. The molecule has 3 unspecified atom stereocenters. The SMILES string of the molecule is COCCOC(=O)N1C(=O)[C@@]2(C3=C1CCCC3)[C@H](C1CCC(OCCO)CC1)N1[C@H](C3CCCCC3)[C@H](C3CCCCC3)OC(=O)[C@H]1[C@@H]2C(=O)NC1NC2CCCCC2S1. The summed E-state index contributed by atoms with van der Waals surface area (Å²) < 4.78 is 24.0. The van der Waals surface area contributed by atoms with Gasteiger partial charge < -0.3 is 29.4 Å². The third-order valence-corrected chi connectivity index (χ3v) is 17.8. The van der Waals surface area contributed by atoms with Gasteiger partial charge >= 0.3 is 12.1 Å². The van der Waals surface area contributed by atoms with Gasteiger partial charge in [-0.05, 0) is 113 Å². The summed E-state index contributed by atoms with van der Waals surface area (Å²) in [6.45, 7) is 0.437. The maximum absolute atomic E-state index is 16.2. The molecule has 1 spiro atoms. The van der Waals surface area contributed by atoms with Crippen molar-refractivity contribution in [2.75, 3.05) is 33.5 Å². The predicted molar refractivity (Wildman–Crippen MR) is 225 cm³/mol. The number of rotatable bonds is 11. The molecule has 0 radical (unpaired) electrons. The van der Waals surface area contributed by atoms with E-state index in [-0.39, 0.29) is 79.8 Å². The van der Waals surface area contributed by atoms with Gasteiger partial charge in [-0.2, -0.15) is 0 Å². The average molecular weight is 855 g/mol. The van der Waals surface area contributed by atoms with Gasteiger partial charge in [0.25, 0.3) is 0 Å². The quantitative estimate of drug-likeness (QED) is 0.161. The number of hydrogen-bond donors (Lipinski definition) is 3. The zero-order valence-electron chi connectivity index (χ0n) is 35.8.